The lowest BCUT2D eigenvalue weighted by Gasteiger charge is -2.31. The molecule has 8 nitrogen and oxygen atoms in total. The van der Waals surface area contributed by atoms with Crippen molar-refractivity contribution in [2.24, 2.45) is 0 Å². The highest BCUT2D eigenvalue weighted by molar-refractivity contribution is 7.89. The molecule has 3 aromatic rings. The molecular formula is C24H27N4O4S2+. The van der Waals surface area contributed by atoms with Gasteiger partial charge in [0.05, 0.1) is 41.6 Å². The number of hydrogen-bond acceptors (Lipinski definition) is 6. The number of anilines is 1. The molecule has 1 aliphatic rings. The molecule has 1 aliphatic heterocycles. The number of aryl methyl sites for hydroxylation is 1. The van der Waals surface area contributed by atoms with E-state index in [9.17, 15) is 18.0 Å². The van der Waals surface area contributed by atoms with Gasteiger partial charge >= 0.3 is 0 Å². The summed E-state index contributed by atoms with van der Waals surface area (Å²) in [6.07, 6.45) is 0. The summed E-state index contributed by atoms with van der Waals surface area (Å²) < 4.78 is 28.0. The highest BCUT2D eigenvalue weighted by Crippen LogP contribution is 2.24. The fourth-order valence-corrected chi connectivity index (χ4v) is 6.34. The van der Waals surface area contributed by atoms with E-state index in [4.69, 9.17) is 0 Å². The quantitative estimate of drug-likeness (QED) is 0.485. The number of thiazole rings is 1. The van der Waals surface area contributed by atoms with Crippen molar-refractivity contribution in [1.82, 2.24) is 9.29 Å². The van der Waals surface area contributed by atoms with Gasteiger partial charge in [-0.1, -0.05) is 47.7 Å². The van der Waals surface area contributed by atoms with Crippen molar-refractivity contribution in [3.8, 4) is 0 Å². The van der Waals surface area contributed by atoms with Gasteiger partial charge < -0.3 is 4.90 Å². The highest BCUT2D eigenvalue weighted by atomic mass is 32.2. The summed E-state index contributed by atoms with van der Waals surface area (Å²) in [6.45, 7) is 6.30. The summed E-state index contributed by atoms with van der Waals surface area (Å²) in [6, 6.07) is 16.2. The number of hydrogen-bond donors (Lipinski definition) is 2. The molecule has 0 aliphatic carbocycles. The van der Waals surface area contributed by atoms with E-state index in [0.29, 0.717) is 28.8 Å². The van der Waals surface area contributed by atoms with Crippen LogP contribution < -0.4 is 10.2 Å². The van der Waals surface area contributed by atoms with Crippen molar-refractivity contribution in [3.63, 3.8) is 0 Å². The van der Waals surface area contributed by atoms with Crippen molar-refractivity contribution >= 4 is 38.2 Å². The molecule has 2 aromatic carbocycles. The molecule has 0 saturated carbocycles. The maximum atomic E-state index is 13.2. The van der Waals surface area contributed by atoms with Crippen LogP contribution in [0, 0.1) is 6.92 Å². The lowest BCUT2D eigenvalue weighted by molar-refractivity contribution is -0.917. The molecule has 1 aromatic heterocycles. The van der Waals surface area contributed by atoms with Gasteiger partial charge in [0, 0.05) is 18.1 Å². The van der Waals surface area contributed by atoms with E-state index in [-0.39, 0.29) is 16.2 Å². The zero-order valence-electron chi connectivity index (χ0n) is 19.1. The molecule has 2 N–H and O–H groups in total. The Morgan fingerprint density at radius 3 is 2.44 bits per heavy atom. The van der Waals surface area contributed by atoms with Gasteiger partial charge in [-0.15, -0.1) is 0 Å². The minimum Gasteiger partial charge on any atom is -0.329 e. The number of aromatic nitrogens is 1. The second-order valence-corrected chi connectivity index (χ2v) is 11.2. The van der Waals surface area contributed by atoms with E-state index in [0.717, 1.165) is 31.0 Å². The number of nitrogens with one attached hydrogen (secondary N) is 2. The predicted octanol–water partition coefficient (Wildman–Crippen LogP) is 2.00. The van der Waals surface area contributed by atoms with Gasteiger partial charge in [-0.2, -0.15) is 4.31 Å². The number of nitrogens with zero attached hydrogens (tertiary/aromatic N) is 2. The van der Waals surface area contributed by atoms with Crippen LogP contribution in [-0.2, 0) is 16.6 Å². The van der Waals surface area contributed by atoms with E-state index in [2.05, 4.69) is 22.4 Å². The number of piperazine rings is 1. The number of carbonyl (C=O) groups is 2. The van der Waals surface area contributed by atoms with Gasteiger partial charge in [0.1, 0.15) is 6.54 Å². The van der Waals surface area contributed by atoms with Crippen LogP contribution >= 0.6 is 11.3 Å². The Morgan fingerprint density at radius 1 is 1.09 bits per heavy atom. The second-order valence-electron chi connectivity index (χ2n) is 8.29. The second kappa shape index (κ2) is 10.1. The van der Waals surface area contributed by atoms with Gasteiger partial charge in [-0.25, -0.2) is 13.4 Å². The fourth-order valence-electron chi connectivity index (χ4n) is 4.00. The summed E-state index contributed by atoms with van der Waals surface area (Å²) in [5, 5.41) is 2.97. The molecule has 0 unspecified atom stereocenters. The van der Waals surface area contributed by atoms with E-state index >= 15 is 0 Å². The molecule has 34 heavy (non-hydrogen) atoms. The van der Waals surface area contributed by atoms with Crippen LogP contribution in [0.25, 0.3) is 0 Å². The average Bonchev–Trinajstić information content (AvgIpc) is 3.20. The number of carbonyl (C=O) groups excluding carboxylic acids is 2. The predicted molar refractivity (Wildman–Crippen MR) is 131 cm³/mol. The number of benzene rings is 2. The molecule has 4 rings (SSSR count). The fraction of sp³-hybridized carbons (Fsp3) is 0.292. The minimum atomic E-state index is -3.72. The van der Waals surface area contributed by atoms with Crippen LogP contribution in [-0.4, -0.2) is 55.6 Å². The van der Waals surface area contributed by atoms with Gasteiger partial charge in [-0.3, -0.25) is 14.9 Å². The lowest BCUT2D eigenvalue weighted by Crippen LogP contribution is -3.13. The largest absolute Gasteiger partial charge is 0.329 e. The van der Waals surface area contributed by atoms with Crippen LogP contribution in [0.3, 0.4) is 0 Å². The van der Waals surface area contributed by atoms with Crippen molar-refractivity contribution < 1.29 is 22.9 Å². The number of ketones is 1. The molecule has 1 saturated heterocycles. The monoisotopic (exact) mass is 499 g/mol. The molecular weight excluding hydrogens is 472 g/mol. The SMILES string of the molecule is CC(=O)c1sc(NC(=O)c2cccc(S(=O)(=O)N3CC[NH+](Cc4ccccc4)CC3)c2)nc1C. The Balaban J connectivity index is 1.42. The molecule has 0 spiro atoms. The zero-order chi connectivity index (χ0) is 24.3. The van der Waals surface area contributed by atoms with E-state index < -0.39 is 15.9 Å². The molecule has 10 heteroatoms. The summed E-state index contributed by atoms with van der Waals surface area (Å²) in [5.41, 5.74) is 2.00. The van der Waals surface area contributed by atoms with Crippen LogP contribution in [0.15, 0.2) is 59.5 Å². The Morgan fingerprint density at radius 2 is 1.79 bits per heavy atom. The zero-order valence-corrected chi connectivity index (χ0v) is 20.7. The maximum Gasteiger partial charge on any atom is 0.257 e. The minimum absolute atomic E-state index is 0.0893. The van der Waals surface area contributed by atoms with E-state index in [1.165, 1.54) is 33.8 Å². The van der Waals surface area contributed by atoms with Crippen LogP contribution in [0.1, 0.15) is 38.2 Å². The Kier molecular flexibility index (Phi) is 7.22. The number of sulfonamides is 1. The summed E-state index contributed by atoms with van der Waals surface area (Å²) in [5.74, 6) is -0.590. The van der Waals surface area contributed by atoms with Gasteiger partial charge in [-0.05, 0) is 25.1 Å². The van der Waals surface area contributed by atoms with Crippen LogP contribution in [0.2, 0.25) is 0 Å². The van der Waals surface area contributed by atoms with E-state index in [1.54, 1.807) is 19.1 Å². The molecule has 0 atom stereocenters. The van der Waals surface area contributed by atoms with E-state index in [1.807, 2.05) is 18.2 Å². The molecule has 0 bridgehead atoms. The summed E-state index contributed by atoms with van der Waals surface area (Å²) in [4.78, 5) is 30.5. The number of quaternary nitrogens is 1. The third kappa shape index (κ3) is 5.41. The summed E-state index contributed by atoms with van der Waals surface area (Å²) >= 11 is 1.10. The first-order valence-electron chi connectivity index (χ1n) is 11.0. The first kappa shape index (κ1) is 24.2. The smallest absolute Gasteiger partial charge is 0.257 e. The number of rotatable bonds is 7. The van der Waals surface area contributed by atoms with Crippen LogP contribution in [0.5, 0.6) is 0 Å². The maximum absolute atomic E-state index is 13.2. The molecule has 1 fully saturated rings. The van der Waals surface area contributed by atoms with Gasteiger partial charge in [0.25, 0.3) is 5.91 Å². The van der Waals surface area contributed by atoms with Gasteiger partial charge in [0.15, 0.2) is 10.9 Å². The van der Waals surface area contributed by atoms with Crippen molar-refractivity contribution in [2.45, 2.75) is 25.3 Å². The lowest BCUT2D eigenvalue weighted by atomic mass is 10.2. The number of Topliss-reactive ketones (excluding diaryl/α,β-unsaturated/α-hetero) is 1. The van der Waals surface area contributed by atoms with Crippen LogP contribution in [0.4, 0.5) is 5.13 Å². The van der Waals surface area contributed by atoms with Crippen molar-refractivity contribution in [2.75, 3.05) is 31.5 Å². The average molecular weight is 500 g/mol. The third-order valence-corrected chi connectivity index (χ3v) is 8.87. The normalized spacial score (nSPS) is 15.2. The Labute approximate surface area is 203 Å². The molecule has 178 valence electrons. The first-order chi connectivity index (χ1) is 16.2. The van der Waals surface area contributed by atoms with Gasteiger partial charge in [0.2, 0.25) is 10.0 Å². The molecule has 0 radical (unpaired) electrons. The molecule has 1 amide bonds. The highest BCUT2D eigenvalue weighted by Gasteiger charge is 2.31. The third-order valence-electron chi connectivity index (χ3n) is 5.80. The Hall–Kier alpha value is -2.92. The number of amides is 1. The van der Waals surface area contributed by atoms with Crippen molar-refractivity contribution in [1.29, 1.82) is 0 Å². The standard InChI is InChI=1S/C24H26N4O4S2/c1-17-22(18(2)29)33-24(25-17)26-23(30)20-9-6-10-21(15-20)34(31,32)28-13-11-27(12-14-28)16-19-7-4-3-5-8-19/h3-10,15H,11-14,16H2,1-2H3,(H,25,26,30)/p+1. The topological polar surface area (TPSA) is 101 Å². The Bertz CT molecular complexity index is 1300. The first-order valence-corrected chi connectivity index (χ1v) is 13.3. The van der Waals surface area contributed by atoms with Crippen molar-refractivity contribution in [3.05, 3.63) is 76.3 Å². The molecule has 2 heterocycles. The summed E-state index contributed by atoms with van der Waals surface area (Å²) in [7, 11) is -3.72.